The van der Waals surface area contributed by atoms with Crippen LogP contribution in [0.2, 0.25) is 0 Å². The van der Waals surface area contributed by atoms with Crippen LogP contribution < -0.4 is 0 Å². The minimum absolute atomic E-state index is 0.125. The van der Waals surface area contributed by atoms with E-state index in [0.717, 1.165) is 42.7 Å². The van der Waals surface area contributed by atoms with Gasteiger partial charge in [0.15, 0.2) is 0 Å². The van der Waals surface area contributed by atoms with Crippen molar-refractivity contribution in [2.45, 2.75) is 12.5 Å². The summed E-state index contributed by atoms with van der Waals surface area (Å²) in [6.45, 7) is 3.27. The molecular formula is C15H21BrN2O2. The van der Waals surface area contributed by atoms with E-state index < -0.39 is 0 Å². The number of likely N-dealkylation sites (tertiary alicyclic amines) is 1. The van der Waals surface area contributed by atoms with E-state index in [9.17, 15) is 4.79 Å². The van der Waals surface area contributed by atoms with Crippen LogP contribution in [0, 0.1) is 0 Å². The lowest BCUT2D eigenvalue weighted by Crippen LogP contribution is -2.38. The van der Waals surface area contributed by atoms with E-state index in [1.807, 2.05) is 29.2 Å². The van der Waals surface area contributed by atoms with Crippen molar-refractivity contribution < 1.29 is 9.53 Å². The van der Waals surface area contributed by atoms with Gasteiger partial charge in [-0.2, -0.15) is 0 Å². The molecular weight excluding hydrogens is 320 g/mol. The van der Waals surface area contributed by atoms with Crippen molar-refractivity contribution in [3.63, 3.8) is 0 Å². The van der Waals surface area contributed by atoms with Crippen molar-refractivity contribution >= 4 is 21.8 Å². The van der Waals surface area contributed by atoms with Crippen LogP contribution in [0.25, 0.3) is 0 Å². The Bertz CT molecular complexity index is 450. The molecule has 1 aromatic carbocycles. The van der Waals surface area contributed by atoms with E-state index >= 15 is 0 Å². The predicted octanol–water partition coefficient (Wildman–Crippen LogP) is 2.24. The Morgan fingerprint density at radius 1 is 1.45 bits per heavy atom. The molecule has 1 unspecified atom stereocenters. The van der Waals surface area contributed by atoms with Gasteiger partial charge in [-0.25, -0.2) is 0 Å². The average molecular weight is 341 g/mol. The van der Waals surface area contributed by atoms with Crippen molar-refractivity contribution in [3.8, 4) is 0 Å². The second-order valence-electron chi connectivity index (χ2n) is 5.17. The lowest BCUT2D eigenvalue weighted by atomic mass is 10.2. The van der Waals surface area contributed by atoms with Gasteiger partial charge in [0.2, 0.25) is 0 Å². The van der Waals surface area contributed by atoms with Crippen LogP contribution in [0.3, 0.4) is 0 Å². The van der Waals surface area contributed by atoms with E-state index in [0.29, 0.717) is 6.04 Å². The summed E-state index contributed by atoms with van der Waals surface area (Å²) in [6.07, 6.45) is 1.03. The molecule has 5 heteroatoms. The Labute approximate surface area is 128 Å². The Kier molecular flexibility index (Phi) is 5.57. The monoisotopic (exact) mass is 340 g/mol. The number of halogens is 1. The van der Waals surface area contributed by atoms with E-state index in [-0.39, 0.29) is 5.91 Å². The fraction of sp³-hybridized carbons (Fsp3) is 0.533. The van der Waals surface area contributed by atoms with Crippen LogP contribution in [0.15, 0.2) is 28.7 Å². The minimum atomic E-state index is 0.125. The van der Waals surface area contributed by atoms with Crippen molar-refractivity contribution in [3.05, 3.63) is 34.3 Å². The van der Waals surface area contributed by atoms with Crippen LogP contribution >= 0.6 is 15.9 Å². The third-order valence-electron chi connectivity index (χ3n) is 3.81. The fourth-order valence-electron chi connectivity index (χ4n) is 2.48. The largest absolute Gasteiger partial charge is 0.383 e. The van der Waals surface area contributed by atoms with Crippen LogP contribution in [0.1, 0.15) is 16.8 Å². The molecule has 1 aromatic rings. The van der Waals surface area contributed by atoms with E-state index in [1.54, 1.807) is 7.11 Å². The molecule has 0 N–H and O–H groups in total. The first-order chi connectivity index (χ1) is 9.61. The van der Waals surface area contributed by atoms with Gasteiger partial charge in [0.05, 0.1) is 6.61 Å². The van der Waals surface area contributed by atoms with Crippen molar-refractivity contribution in [1.29, 1.82) is 0 Å². The summed E-state index contributed by atoms with van der Waals surface area (Å²) in [5, 5.41) is 0. The van der Waals surface area contributed by atoms with Gasteiger partial charge in [-0.05, 0) is 37.7 Å². The van der Waals surface area contributed by atoms with Gasteiger partial charge in [0, 0.05) is 42.8 Å². The molecule has 2 rings (SSSR count). The average Bonchev–Trinajstić information content (AvgIpc) is 2.94. The summed E-state index contributed by atoms with van der Waals surface area (Å²) in [5.41, 5.74) is 0.758. The smallest absolute Gasteiger partial charge is 0.253 e. The maximum absolute atomic E-state index is 12.4. The third-order valence-corrected chi connectivity index (χ3v) is 4.34. The molecule has 1 amide bonds. The normalized spacial score (nSPS) is 18.8. The summed E-state index contributed by atoms with van der Waals surface area (Å²) in [7, 11) is 3.81. The lowest BCUT2D eigenvalue weighted by molar-refractivity contribution is 0.0775. The molecule has 0 aliphatic carbocycles. The summed E-state index contributed by atoms with van der Waals surface area (Å²) in [5.74, 6) is 0.125. The molecule has 1 fully saturated rings. The van der Waals surface area contributed by atoms with Gasteiger partial charge >= 0.3 is 0 Å². The number of rotatable bonds is 5. The second-order valence-corrected chi connectivity index (χ2v) is 6.09. The van der Waals surface area contributed by atoms with Crippen LogP contribution in [-0.2, 0) is 4.74 Å². The first-order valence-electron chi connectivity index (χ1n) is 6.86. The number of benzene rings is 1. The van der Waals surface area contributed by atoms with Gasteiger partial charge < -0.3 is 9.64 Å². The number of carbonyl (C=O) groups is 1. The first kappa shape index (κ1) is 15.5. The number of hydrogen-bond acceptors (Lipinski definition) is 3. The third kappa shape index (κ3) is 3.81. The molecule has 110 valence electrons. The summed E-state index contributed by atoms with van der Waals surface area (Å²) >= 11 is 3.39. The van der Waals surface area contributed by atoms with E-state index in [4.69, 9.17) is 4.74 Å². The Morgan fingerprint density at radius 3 is 2.80 bits per heavy atom. The van der Waals surface area contributed by atoms with E-state index in [2.05, 4.69) is 27.9 Å². The molecule has 0 aromatic heterocycles. The first-order valence-corrected chi connectivity index (χ1v) is 7.65. The number of hydrogen-bond donors (Lipinski definition) is 0. The lowest BCUT2D eigenvalue weighted by Gasteiger charge is -2.24. The van der Waals surface area contributed by atoms with Gasteiger partial charge in [-0.1, -0.05) is 15.9 Å². The number of likely N-dealkylation sites (N-methyl/N-ethyl adjacent to an activating group) is 1. The Balaban J connectivity index is 1.92. The molecule has 1 saturated heterocycles. The quantitative estimate of drug-likeness (QED) is 0.824. The molecule has 1 aliphatic rings. The highest BCUT2D eigenvalue weighted by Gasteiger charge is 2.29. The highest BCUT2D eigenvalue weighted by Crippen LogP contribution is 2.18. The standard InChI is InChI=1S/C15H21BrN2O2/c1-17(9-10-20-2)14-7-8-18(11-14)15(19)12-3-5-13(16)6-4-12/h3-6,14H,7-11H2,1-2H3. The van der Waals surface area contributed by atoms with Gasteiger partial charge in [0.25, 0.3) is 5.91 Å². The number of nitrogens with zero attached hydrogens (tertiary/aromatic N) is 2. The van der Waals surface area contributed by atoms with Crippen molar-refractivity contribution in [2.24, 2.45) is 0 Å². The van der Waals surface area contributed by atoms with Crippen molar-refractivity contribution in [1.82, 2.24) is 9.80 Å². The van der Waals surface area contributed by atoms with Crippen LogP contribution in [0.4, 0.5) is 0 Å². The summed E-state index contributed by atoms with van der Waals surface area (Å²) in [6, 6.07) is 7.99. The summed E-state index contributed by atoms with van der Waals surface area (Å²) in [4.78, 5) is 16.6. The van der Waals surface area contributed by atoms with E-state index in [1.165, 1.54) is 0 Å². The molecule has 1 aliphatic heterocycles. The molecule has 1 atom stereocenters. The number of carbonyl (C=O) groups excluding carboxylic acids is 1. The molecule has 0 spiro atoms. The molecule has 0 saturated carbocycles. The molecule has 4 nitrogen and oxygen atoms in total. The molecule has 0 bridgehead atoms. The zero-order chi connectivity index (χ0) is 14.5. The minimum Gasteiger partial charge on any atom is -0.383 e. The van der Waals surface area contributed by atoms with Gasteiger partial charge in [0.1, 0.15) is 0 Å². The Morgan fingerprint density at radius 2 is 2.15 bits per heavy atom. The second kappa shape index (κ2) is 7.20. The SMILES string of the molecule is COCCN(C)C1CCN(C(=O)c2ccc(Br)cc2)C1. The zero-order valence-electron chi connectivity index (χ0n) is 12.0. The topological polar surface area (TPSA) is 32.8 Å². The maximum atomic E-state index is 12.4. The van der Waals surface area contributed by atoms with Crippen molar-refractivity contribution in [2.75, 3.05) is 40.4 Å². The maximum Gasteiger partial charge on any atom is 0.253 e. The zero-order valence-corrected chi connectivity index (χ0v) is 13.6. The van der Waals surface area contributed by atoms with Gasteiger partial charge in [-0.15, -0.1) is 0 Å². The van der Waals surface area contributed by atoms with Crippen LogP contribution in [0.5, 0.6) is 0 Å². The molecule has 0 radical (unpaired) electrons. The number of methoxy groups -OCH3 is 1. The van der Waals surface area contributed by atoms with Crippen LogP contribution in [-0.4, -0.2) is 62.1 Å². The fourth-order valence-corrected chi connectivity index (χ4v) is 2.74. The molecule has 20 heavy (non-hydrogen) atoms. The highest BCUT2D eigenvalue weighted by molar-refractivity contribution is 9.10. The highest BCUT2D eigenvalue weighted by atomic mass is 79.9. The number of ether oxygens (including phenoxy) is 1. The molecule has 1 heterocycles. The number of amides is 1. The summed E-state index contributed by atoms with van der Waals surface area (Å²) < 4.78 is 6.09. The predicted molar refractivity (Wildman–Crippen MR) is 83.0 cm³/mol. The Hall–Kier alpha value is -0.910. The van der Waals surface area contributed by atoms with Gasteiger partial charge in [-0.3, -0.25) is 9.69 Å².